The van der Waals surface area contributed by atoms with Crippen LogP contribution in [0.3, 0.4) is 0 Å². The Hall–Kier alpha value is -2.12. The number of nitrogens with one attached hydrogen (secondary N) is 2. The second-order valence-corrected chi connectivity index (χ2v) is 7.92. The van der Waals surface area contributed by atoms with Crippen LogP contribution >= 0.6 is 0 Å². The molecule has 0 radical (unpaired) electrons. The quantitative estimate of drug-likeness (QED) is 0.280. The summed E-state index contributed by atoms with van der Waals surface area (Å²) in [5, 5.41) is 24.2. The van der Waals surface area contributed by atoms with Gasteiger partial charge in [0.05, 0.1) is 13.2 Å². The molecule has 6 heteroatoms. The van der Waals surface area contributed by atoms with Crippen LogP contribution in [-0.4, -0.2) is 62.8 Å². The van der Waals surface area contributed by atoms with Gasteiger partial charge < -0.3 is 30.3 Å². The van der Waals surface area contributed by atoms with E-state index in [9.17, 15) is 0 Å². The first-order chi connectivity index (χ1) is 15.7. The van der Waals surface area contributed by atoms with Crippen molar-refractivity contribution in [2.45, 2.75) is 39.5 Å². The van der Waals surface area contributed by atoms with E-state index in [4.69, 9.17) is 19.7 Å². The highest BCUT2D eigenvalue weighted by atomic mass is 16.5. The van der Waals surface area contributed by atoms with E-state index < -0.39 is 0 Å². The average Bonchev–Trinajstić information content (AvgIpc) is 2.80. The van der Waals surface area contributed by atoms with E-state index in [0.29, 0.717) is 13.2 Å². The predicted octanol–water partition coefficient (Wildman–Crippen LogP) is 3.45. The van der Waals surface area contributed by atoms with E-state index in [0.717, 1.165) is 85.6 Å². The molecule has 6 nitrogen and oxygen atoms in total. The summed E-state index contributed by atoms with van der Waals surface area (Å²) in [5.74, 6) is 1.83. The smallest absolute Gasteiger partial charge is 0.122 e. The number of rotatable bonds is 17. The van der Waals surface area contributed by atoms with Crippen molar-refractivity contribution in [2.24, 2.45) is 0 Å². The summed E-state index contributed by atoms with van der Waals surface area (Å²) in [5.41, 5.74) is 4.59. The van der Waals surface area contributed by atoms with Crippen LogP contribution in [-0.2, 0) is 0 Å². The number of aliphatic hydroxyl groups excluding tert-OH is 2. The molecule has 0 bridgehead atoms. The Kier molecular flexibility index (Phi) is 12.8. The molecule has 0 aliphatic heterocycles. The summed E-state index contributed by atoms with van der Waals surface area (Å²) in [4.78, 5) is 0. The molecule has 4 N–H and O–H groups in total. The lowest BCUT2D eigenvalue weighted by molar-refractivity contribution is 0.281. The van der Waals surface area contributed by atoms with Crippen molar-refractivity contribution in [3.63, 3.8) is 0 Å². The Labute approximate surface area is 193 Å². The van der Waals surface area contributed by atoms with E-state index in [1.165, 1.54) is 0 Å². The van der Waals surface area contributed by atoms with E-state index in [1.807, 2.05) is 24.3 Å². The van der Waals surface area contributed by atoms with E-state index in [-0.39, 0.29) is 13.2 Å². The molecule has 0 amide bonds. The van der Waals surface area contributed by atoms with Gasteiger partial charge in [-0.05, 0) is 100 Å². The molecule has 2 aromatic rings. The van der Waals surface area contributed by atoms with Crippen LogP contribution in [0, 0.1) is 13.8 Å². The van der Waals surface area contributed by atoms with Crippen molar-refractivity contribution in [2.75, 3.05) is 52.6 Å². The van der Waals surface area contributed by atoms with Gasteiger partial charge in [0.25, 0.3) is 0 Å². The van der Waals surface area contributed by atoms with Crippen LogP contribution in [0.1, 0.15) is 36.8 Å². The van der Waals surface area contributed by atoms with Crippen molar-refractivity contribution < 1.29 is 19.7 Å². The molecule has 0 atom stereocenters. The van der Waals surface area contributed by atoms with Crippen molar-refractivity contribution in [1.82, 2.24) is 10.6 Å². The first-order valence-electron chi connectivity index (χ1n) is 11.8. The Bertz CT molecular complexity index is 717. The molecule has 0 aliphatic carbocycles. The maximum absolute atomic E-state index is 8.81. The molecular weight excluding hydrogens is 404 g/mol. The van der Waals surface area contributed by atoms with Gasteiger partial charge in [-0.3, -0.25) is 0 Å². The monoisotopic (exact) mass is 444 g/mol. The standard InChI is InChI=1S/C26H40N2O4/c1-21-23(9-3-11-25(21)31-19-7-15-27-13-5-17-29)24-10-4-12-26(22(24)2)32-20-8-16-28-14-6-18-30/h3-4,9-12,27-30H,5-8,13-20H2,1-2H3. The van der Waals surface area contributed by atoms with Gasteiger partial charge in [-0.15, -0.1) is 0 Å². The highest BCUT2D eigenvalue weighted by Gasteiger charge is 2.12. The predicted molar refractivity (Wildman–Crippen MR) is 131 cm³/mol. The van der Waals surface area contributed by atoms with E-state index in [2.05, 4.69) is 36.6 Å². The normalized spacial score (nSPS) is 11.0. The Balaban J connectivity index is 1.92. The van der Waals surface area contributed by atoms with Crippen molar-refractivity contribution in [3.8, 4) is 22.6 Å². The van der Waals surface area contributed by atoms with Crippen LogP contribution in [0.4, 0.5) is 0 Å². The van der Waals surface area contributed by atoms with Crippen molar-refractivity contribution in [3.05, 3.63) is 47.5 Å². The largest absolute Gasteiger partial charge is 0.493 e. The molecule has 2 aromatic carbocycles. The molecule has 178 valence electrons. The van der Waals surface area contributed by atoms with Crippen molar-refractivity contribution >= 4 is 0 Å². The fourth-order valence-electron chi connectivity index (χ4n) is 3.54. The number of hydrogen-bond donors (Lipinski definition) is 4. The third-order valence-corrected chi connectivity index (χ3v) is 5.39. The summed E-state index contributed by atoms with van der Waals surface area (Å²) in [7, 11) is 0. The fourth-order valence-corrected chi connectivity index (χ4v) is 3.54. The molecule has 0 aliphatic rings. The molecule has 0 spiro atoms. The van der Waals surface area contributed by atoms with Gasteiger partial charge in [0, 0.05) is 13.2 Å². The third-order valence-electron chi connectivity index (χ3n) is 5.39. The highest BCUT2D eigenvalue weighted by Crippen LogP contribution is 2.35. The zero-order valence-corrected chi connectivity index (χ0v) is 19.7. The molecular formula is C26H40N2O4. The number of ether oxygens (including phenoxy) is 2. The lowest BCUT2D eigenvalue weighted by atomic mass is 9.95. The van der Waals surface area contributed by atoms with E-state index >= 15 is 0 Å². The third kappa shape index (κ3) is 8.79. The van der Waals surface area contributed by atoms with Crippen LogP contribution in [0.5, 0.6) is 11.5 Å². The summed E-state index contributed by atoms with van der Waals surface area (Å²) >= 11 is 0. The first kappa shape index (κ1) is 26.1. The first-order valence-corrected chi connectivity index (χ1v) is 11.8. The maximum atomic E-state index is 8.81. The second kappa shape index (κ2) is 15.6. The summed E-state index contributed by atoms with van der Waals surface area (Å²) in [6.07, 6.45) is 3.41. The average molecular weight is 445 g/mol. The lowest BCUT2D eigenvalue weighted by Gasteiger charge is -2.17. The van der Waals surface area contributed by atoms with Gasteiger partial charge in [-0.1, -0.05) is 24.3 Å². The Morgan fingerprint density at radius 1 is 0.625 bits per heavy atom. The Morgan fingerprint density at radius 2 is 1.03 bits per heavy atom. The fraction of sp³-hybridized carbons (Fsp3) is 0.538. The van der Waals surface area contributed by atoms with Crippen LogP contribution in [0.15, 0.2) is 36.4 Å². The molecule has 2 rings (SSSR count). The topological polar surface area (TPSA) is 83.0 Å². The number of benzene rings is 2. The second-order valence-electron chi connectivity index (χ2n) is 7.92. The van der Waals surface area contributed by atoms with Crippen molar-refractivity contribution in [1.29, 1.82) is 0 Å². The van der Waals surface area contributed by atoms with Gasteiger partial charge in [-0.2, -0.15) is 0 Å². The minimum atomic E-state index is 0.226. The Morgan fingerprint density at radius 3 is 1.44 bits per heavy atom. The summed E-state index contributed by atoms with van der Waals surface area (Å²) < 4.78 is 12.1. The molecule has 32 heavy (non-hydrogen) atoms. The zero-order chi connectivity index (χ0) is 23.0. The van der Waals surface area contributed by atoms with Gasteiger partial charge in [0.1, 0.15) is 11.5 Å². The van der Waals surface area contributed by atoms with Crippen LogP contribution in [0.2, 0.25) is 0 Å². The minimum Gasteiger partial charge on any atom is -0.493 e. The molecule has 0 unspecified atom stereocenters. The highest BCUT2D eigenvalue weighted by molar-refractivity contribution is 5.74. The van der Waals surface area contributed by atoms with Crippen LogP contribution < -0.4 is 20.1 Å². The maximum Gasteiger partial charge on any atom is 0.122 e. The van der Waals surface area contributed by atoms with Gasteiger partial charge >= 0.3 is 0 Å². The SMILES string of the molecule is Cc1c(OCCCNCCCO)cccc1-c1cccc(OCCCNCCCO)c1C. The molecule has 0 heterocycles. The summed E-state index contributed by atoms with van der Waals surface area (Å²) in [6, 6.07) is 12.4. The number of aliphatic hydroxyl groups is 2. The van der Waals surface area contributed by atoms with Crippen LogP contribution in [0.25, 0.3) is 11.1 Å². The lowest BCUT2D eigenvalue weighted by Crippen LogP contribution is -2.19. The molecule has 0 aromatic heterocycles. The number of hydrogen-bond acceptors (Lipinski definition) is 6. The molecule has 0 saturated heterocycles. The van der Waals surface area contributed by atoms with Gasteiger partial charge in [0.15, 0.2) is 0 Å². The zero-order valence-electron chi connectivity index (χ0n) is 19.7. The van der Waals surface area contributed by atoms with Gasteiger partial charge in [-0.25, -0.2) is 0 Å². The molecule has 0 saturated carbocycles. The van der Waals surface area contributed by atoms with E-state index in [1.54, 1.807) is 0 Å². The molecule has 0 fully saturated rings. The summed E-state index contributed by atoms with van der Waals surface area (Å²) in [6.45, 7) is 9.42. The minimum absolute atomic E-state index is 0.226. The van der Waals surface area contributed by atoms with Gasteiger partial charge in [0.2, 0.25) is 0 Å².